The van der Waals surface area contributed by atoms with Crippen molar-refractivity contribution in [2.45, 2.75) is 64.8 Å². The predicted molar refractivity (Wildman–Crippen MR) is 162 cm³/mol. The number of anilines is 1. The van der Waals surface area contributed by atoms with Crippen molar-refractivity contribution in [2.75, 3.05) is 37.1 Å². The molecule has 1 unspecified atom stereocenters. The van der Waals surface area contributed by atoms with Crippen LogP contribution in [0, 0.1) is 12.8 Å². The van der Waals surface area contributed by atoms with Gasteiger partial charge >= 0.3 is 5.97 Å². The number of carbonyl (C=O) groups excluding carboxylic acids is 2. The normalized spacial score (nSPS) is 14.6. The van der Waals surface area contributed by atoms with E-state index < -0.39 is 0 Å². The zero-order valence-corrected chi connectivity index (χ0v) is 24.7. The van der Waals surface area contributed by atoms with Crippen molar-refractivity contribution in [3.8, 4) is 5.75 Å². The summed E-state index contributed by atoms with van der Waals surface area (Å²) in [5.74, 6) is 2.88. The quantitative estimate of drug-likeness (QED) is 0.156. The Morgan fingerprint density at radius 1 is 1.10 bits per heavy atom. The number of fused-ring (bicyclic) bond motifs is 1. The molecule has 1 heterocycles. The lowest BCUT2D eigenvalue weighted by Crippen LogP contribution is -2.26. The van der Waals surface area contributed by atoms with Crippen LogP contribution in [-0.2, 0) is 9.53 Å². The smallest absolute Gasteiger partial charge is 0.307 e. The second-order valence-corrected chi connectivity index (χ2v) is 11.3. The Morgan fingerprint density at radius 3 is 2.60 bits per heavy atom. The number of ether oxygens (including phenoxy) is 2. The number of esters is 1. The molecule has 1 fully saturated rings. The molecule has 3 aromatic rings. The van der Waals surface area contributed by atoms with E-state index in [4.69, 9.17) is 13.9 Å². The van der Waals surface area contributed by atoms with Crippen LogP contribution in [0.2, 0.25) is 0 Å². The van der Waals surface area contributed by atoms with Crippen molar-refractivity contribution < 1.29 is 23.5 Å². The molecule has 0 radical (unpaired) electrons. The molecule has 1 saturated carbocycles. The van der Waals surface area contributed by atoms with Crippen LogP contribution in [0.5, 0.6) is 5.75 Å². The van der Waals surface area contributed by atoms with E-state index in [9.17, 15) is 9.59 Å². The van der Waals surface area contributed by atoms with Gasteiger partial charge in [-0.15, -0.1) is 0 Å². The predicted octanol–water partition coefficient (Wildman–Crippen LogP) is 7.29. The second kappa shape index (κ2) is 15.0. The Labute approximate surface area is 241 Å². The van der Waals surface area contributed by atoms with E-state index in [1.54, 1.807) is 6.92 Å². The fourth-order valence-corrected chi connectivity index (χ4v) is 5.78. The lowest BCUT2D eigenvalue weighted by molar-refractivity contribution is -0.142. The first-order chi connectivity index (χ1) is 19.5. The number of benzene rings is 2. The number of nitrogens with one attached hydrogen (secondary N) is 2. The van der Waals surface area contributed by atoms with Crippen LogP contribution in [0.1, 0.15) is 79.6 Å². The lowest BCUT2D eigenvalue weighted by Gasteiger charge is -2.31. The minimum absolute atomic E-state index is 0.0305. The van der Waals surface area contributed by atoms with Gasteiger partial charge in [0.25, 0.3) is 5.91 Å². The van der Waals surface area contributed by atoms with Crippen molar-refractivity contribution in [3.63, 3.8) is 0 Å². The molecular weight excluding hydrogens is 524 g/mol. The minimum Gasteiger partial charge on any atom is -0.494 e. The van der Waals surface area contributed by atoms with Gasteiger partial charge in [0.2, 0.25) is 0 Å². The number of rotatable bonds is 14. The van der Waals surface area contributed by atoms with E-state index >= 15 is 0 Å². The van der Waals surface area contributed by atoms with Crippen LogP contribution in [-0.4, -0.2) is 43.6 Å². The molecule has 40 heavy (non-hydrogen) atoms. The van der Waals surface area contributed by atoms with Gasteiger partial charge in [-0.05, 0) is 93.5 Å². The topological polar surface area (TPSA) is 89.8 Å². The van der Waals surface area contributed by atoms with Gasteiger partial charge in [0.05, 0.1) is 25.7 Å². The van der Waals surface area contributed by atoms with Gasteiger partial charge in [-0.3, -0.25) is 9.59 Å². The third kappa shape index (κ3) is 7.96. The summed E-state index contributed by atoms with van der Waals surface area (Å²) in [6.45, 7) is 5.20. The maximum Gasteiger partial charge on any atom is 0.307 e. The highest BCUT2D eigenvalue weighted by Gasteiger charge is 2.30. The van der Waals surface area contributed by atoms with Gasteiger partial charge < -0.3 is 24.5 Å². The SMILES string of the molecule is CCOC(=O)CCNC(=O)c1ccc(NC(c2oc3ccc(OCCCSC)cc3c2C)C2CCCCC2)cc1. The fraction of sp³-hybridized carbons (Fsp3) is 0.500. The molecule has 0 saturated heterocycles. The number of aryl methyl sites for hydroxylation is 1. The molecule has 0 aliphatic heterocycles. The highest BCUT2D eigenvalue weighted by atomic mass is 32.2. The van der Waals surface area contributed by atoms with E-state index in [2.05, 4.69) is 29.9 Å². The second-order valence-electron chi connectivity index (χ2n) is 10.4. The van der Waals surface area contributed by atoms with E-state index in [0.717, 1.165) is 58.7 Å². The van der Waals surface area contributed by atoms with Crippen LogP contribution >= 0.6 is 11.8 Å². The highest BCUT2D eigenvalue weighted by molar-refractivity contribution is 7.98. The summed E-state index contributed by atoms with van der Waals surface area (Å²) < 4.78 is 17.4. The molecule has 1 atom stereocenters. The number of hydrogen-bond donors (Lipinski definition) is 2. The summed E-state index contributed by atoms with van der Waals surface area (Å²) in [6, 6.07) is 13.6. The van der Waals surface area contributed by atoms with E-state index in [0.29, 0.717) is 24.7 Å². The molecule has 1 aliphatic carbocycles. The van der Waals surface area contributed by atoms with Crippen molar-refractivity contribution in [2.24, 2.45) is 5.92 Å². The third-order valence-electron chi connectivity index (χ3n) is 7.50. The molecule has 4 rings (SSSR count). The van der Waals surface area contributed by atoms with Crippen molar-refractivity contribution in [1.82, 2.24) is 5.32 Å². The molecule has 1 amide bonds. The summed E-state index contributed by atoms with van der Waals surface area (Å²) >= 11 is 1.83. The first-order valence-electron chi connectivity index (χ1n) is 14.4. The van der Waals surface area contributed by atoms with Crippen LogP contribution in [0.4, 0.5) is 5.69 Å². The summed E-state index contributed by atoms with van der Waals surface area (Å²) in [7, 11) is 0. The number of thioether (sulfide) groups is 1. The first kappa shape index (κ1) is 29.8. The van der Waals surface area contributed by atoms with Crippen molar-refractivity contribution >= 4 is 40.3 Å². The van der Waals surface area contributed by atoms with Crippen LogP contribution in [0.3, 0.4) is 0 Å². The molecule has 1 aromatic heterocycles. The van der Waals surface area contributed by atoms with Gasteiger partial charge in [-0.25, -0.2) is 0 Å². The molecule has 8 heteroatoms. The average Bonchev–Trinajstić information content (AvgIpc) is 3.30. The zero-order chi connectivity index (χ0) is 28.3. The van der Waals surface area contributed by atoms with E-state index in [1.165, 1.54) is 19.3 Å². The Balaban J connectivity index is 1.48. The maximum absolute atomic E-state index is 12.5. The van der Waals surface area contributed by atoms with Crippen LogP contribution in [0.15, 0.2) is 46.9 Å². The molecule has 2 N–H and O–H groups in total. The average molecular weight is 567 g/mol. The molecule has 0 bridgehead atoms. The van der Waals surface area contributed by atoms with Gasteiger partial charge in [-0.2, -0.15) is 11.8 Å². The molecule has 0 spiro atoms. The molecular formula is C32H42N2O5S. The van der Waals surface area contributed by atoms with E-state index in [1.807, 2.05) is 48.2 Å². The minimum atomic E-state index is -0.313. The molecule has 1 aliphatic rings. The number of hydrogen-bond acceptors (Lipinski definition) is 7. The third-order valence-corrected chi connectivity index (χ3v) is 8.20. The largest absolute Gasteiger partial charge is 0.494 e. The number of carbonyl (C=O) groups is 2. The summed E-state index contributed by atoms with van der Waals surface area (Å²) in [4.78, 5) is 24.1. The summed E-state index contributed by atoms with van der Waals surface area (Å²) in [5.41, 5.74) is 3.51. The standard InChI is InChI=1S/C32H42N2O5S/c1-4-37-29(35)17-18-33-32(36)24-11-13-25(14-12-24)34-30(23-9-6-5-7-10-23)31-22(2)27-21-26(15-16-28(27)39-31)38-19-8-20-40-3/h11-16,21,23,30,34H,4-10,17-20H2,1-3H3,(H,33,36). The van der Waals surface area contributed by atoms with Gasteiger partial charge in [0.1, 0.15) is 17.1 Å². The van der Waals surface area contributed by atoms with E-state index in [-0.39, 0.29) is 30.9 Å². The Hall–Kier alpha value is -3.13. The monoisotopic (exact) mass is 566 g/mol. The Kier molecular flexibility index (Phi) is 11.2. The Bertz CT molecular complexity index is 1250. The van der Waals surface area contributed by atoms with Gasteiger partial charge in [0, 0.05) is 28.7 Å². The highest BCUT2D eigenvalue weighted by Crippen LogP contribution is 2.41. The summed E-state index contributed by atoms with van der Waals surface area (Å²) in [6.07, 6.45) is 9.32. The van der Waals surface area contributed by atoms with Crippen LogP contribution < -0.4 is 15.4 Å². The summed E-state index contributed by atoms with van der Waals surface area (Å²) in [5, 5.41) is 7.63. The maximum atomic E-state index is 12.5. The molecule has 7 nitrogen and oxygen atoms in total. The Morgan fingerprint density at radius 2 is 1.88 bits per heavy atom. The lowest BCUT2D eigenvalue weighted by atomic mass is 9.82. The van der Waals surface area contributed by atoms with Crippen molar-refractivity contribution in [1.29, 1.82) is 0 Å². The fourth-order valence-electron chi connectivity index (χ4n) is 5.37. The molecule has 216 valence electrons. The zero-order valence-electron chi connectivity index (χ0n) is 23.9. The number of furan rings is 1. The number of amides is 1. The van der Waals surface area contributed by atoms with Crippen molar-refractivity contribution in [3.05, 3.63) is 59.4 Å². The van der Waals surface area contributed by atoms with Gasteiger partial charge in [0.15, 0.2) is 0 Å². The van der Waals surface area contributed by atoms with Gasteiger partial charge in [-0.1, -0.05) is 19.3 Å². The first-order valence-corrected chi connectivity index (χ1v) is 15.8. The molecule has 2 aromatic carbocycles. The van der Waals surface area contributed by atoms with Crippen LogP contribution in [0.25, 0.3) is 11.0 Å².